The van der Waals surface area contributed by atoms with Crippen LogP contribution in [0.1, 0.15) is 0 Å². The Morgan fingerprint density at radius 3 is 2.04 bits per heavy atom. The summed E-state index contributed by atoms with van der Waals surface area (Å²) in [7, 11) is 0. The van der Waals surface area contributed by atoms with Gasteiger partial charge in [-0.2, -0.15) is 0 Å². The zero-order valence-corrected chi connectivity index (χ0v) is 14.4. The lowest BCUT2D eigenvalue weighted by Gasteiger charge is -2.01. The highest BCUT2D eigenvalue weighted by Gasteiger charge is 2.09. The van der Waals surface area contributed by atoms with E-state index in [1.54, 1.807) is 0 Å². The highest BCUT2D eigenvalue weighted by Crippen LogP contribution is 2.34. The topological polar surface area (TPSA) is 13.1 Å². The van der Waals surface area contributed by atoms with Gasteiger partial charge in [0.1, 0.15) is 11.2 Å². The maximum absolute atomic E-state index is 6.14. The number of fused-ring (bicyclic) bond motifs is 4. The number of halogens is 1. The number of rotatable bonds is 1. The molecule has 0 N–H and O–H groups in total. The van der Waals surface area contributed by atoms with Crippen molar-refractivity contribution in [1.29, 1.82) is 0 Å². The van der Waals surface area contributed by atoms with Crippen LogP contribution in [0.15, 0.2) is 87.8 Å². The molecule has 1 aromatic heterocycles. The molecule has 0 aliphatic rings. The van der Waals surface area contributed by atoms with E-state index in [1.165, 1.54) is 27.3 Å². The van der Waals surface area contributed by atoms with Gasteiger partial charge in [0.25, 0.3) is 0 Å². The first-order valence-electron chi connectivity index (χ1n) is 7.89. The second-order valence-corrected chi connectivity index (χ2v) is 6.93. The Labute approximate surface area is 147 Å². The van der Waals surface area contributed by atoms with Crippen molar-refractivity contribution in [3.63, 3.8) is 0 Å². The lowest BCUT2D eigenvalue weighted by atomic mass is 10.0. The largest absolute Gasteiger partial charge is 0.456 e. The van der Waals surface area contributed by atoms with Crippen molar-refractivity contribution < 1.29 is 4.42 Å². The average Bonchev–Trinajstić information content (AvgIpc) is 2.97. The summed E-state index contributed by atoms with van der Waals surface area (Å²) in [5.41, 5.74) is 4.22. The fourth-order valence-electron chi connectivity index (χ4n) is 3.28. The van der Waals surface area contributed by atoms with E-state index in [9.17, 15) is 0 Å². The van der Waals surface area contributed by atoms with Crippen LogP contribution in [0.25, 0.3) is 43.8 Å². The Balaban J connectivity index is 1.76. The predicted molar refractivity (Wildman–Crippen MR) is 104 cm³/mol. The minimum Gasteiger partial charge on any atom is -0.456 e. The van der Waals surface area contributed by atoms with E-state index >= 15 is 0 Å². The van der Waals surface area contributed by atoms with E-state index < -0.39 is 0 Å². The normalized spacial score (nSPS) is 11.5. The van der Waals surface area contributed by atoms with Gasteiger partial charge in [0.05, 0.1) is 0 Å². The van der Waals surface area contributed by atoms with Crippen LogP contribution >= 0.6 is 15.9 Å². The molecule has 0 aliphatic carbocycles. The molecule has 0 fully saturated rings. The molecule has 0 saturated carbocycles. The van der Waals surface area contributed by atoms with Gasteiger partial charge in [-0.1, -0.05) is 58.4 Å². The molecule has 24 heavy (non-hydrogen) atoms. The Kier molecular flexibility index (Phi) is 3.00. The van der Waals surface area contributed by atoms with Crippen LogP contribution in [0.2, 0.25) is 0 Å². The Hall–Kier alpha value is -2.58. The molecule has 1 heterocycles. The summed E-state index contributed by atoms with van der Waals surface area (Å²) in [5.74, 6) is 0. The van der Waals surface area contributed by atoms with Crippen LogP contribution in [0.4, 0.5) is 0 Å². The molecular weight excluding hydrogens is 360 g/mol. The summed E-state index contributed by atoms with van der Waals surface area (Å²) < 4.78 is 7.22. The van der Waals surface area contributed by atoms with Gasteiger partial charge in [-0.05, 0) is 58.3 Å². The molecule has 0 spiro atoms. The third-order valence-corrected chi connectivity index (χ3v) is 5.05. The Morgan fingerprint density at radius 1 is 0.583 bits per heavy atom. The Bertz CT molecular complexity index is 1200. The summed E-state index contributed by atoms with van der Waals surface area (Å²) in [5, 5.41) is 4.78. The molecule has 0 radical (unpaired) electrons. The molecule has 0 unspecified atom stereocenters. The molecule has 0 bridgehead atoms. The molecule has 5 rings (SSSR count). The maximum Gasteiger partial charge on any atom is 0.136 e. The molecule has 0 atom stereocenters. The fourth-order valence-corrected chi connectivity index (χ4v) is 3.55. The smallest absolute Gasteiger partial charge is 0.136 e. The van der Waals surface area contributed by atoms with Gasteiger partial charge in [-0.15, -0.1) is 0 Å². The Morgan fingerprint density at radius 2 is 1.25 bits per heavy atom. The first kappa shape index (κ1) is 13.8. The number of hydrogen-bond donors (Lipinski definition) is 0. The second-order valence-electron chi connectivity index (χ2n) is 6.02. The lowest BCUT2D eigenvalue weighted by Crippen LogP contribution is -1.77. The summed E-state index contributed by atoms with van der Waals surface area (Å²) in [6, 6.07) is 27.5. The van der Waals surface area contributed by atoms with Crippen molar-refractivity contribution in [3.05, 3.63) is 83.3 Å². The van der Waals surface area contributed by atoms with E-state index in [1.807, 2.05) is 0 Å². The quantitative estimate of drug-likeness (QED) is 0.304. The van der Waals surface area contributed by atoms with Gasteiger partial charge in [0, 0.05) is 15.2 Å². The molecule has 0 aliphatic heterocycles. The summed E-state index contributed by atoms with van der Waals surface area (Å²) in [6.07, 6.45) is 0. The third kappa shape index (κ3) is 2.15. The van der Waals surface area contributed by atoms with Crippen LogP contribution in [-0.2, 0) is 0 Å². The molecule has 0 amide bonds. The summed E-state index contributed by atoms with van der Waals surface area (Å²) in [4.78, 5) is 0. The first-order chi connectivity index (χ1) is 11.8. The van der Waals surface area contributed by atoms with Gasteiger partial charge in [0.2, 0.25) is 0 Å². The van der Waals surface area contributed by atoms with Crippen LogP contribution in [-0.4, -0.2) is 0 Å². The standard InChI is InChI=1S/C22H13BrO/c23-18-8-5-14(6-9-18)17-7-10-19-20-11-15-3-1-2-4-16(15)12-22(20)24-21(19)13-17/h1-13H. The van der Waals surface area contributed by atoms with Gasteiger partial charge in [0.15, 0.2) is 0 Å². The van der Waals surface area contributed by atoms with Gasteiger partial charge in [-0.25, -0.2) is 0 Å². The highest BCUT2D eigenvalue weighted by molar-refractivity contribution is 9.10. The average molecular weight is 373 g/mol. The highest BCUT2D eigenvalue weighted by atomic mass is 79.9. The summed E-state index contributed by atoms with van der Waals surface area (Å²) in [6.45, 7) is 0. The van der Waals surface area contributed by atoms with Crippen molar-refractivity contribution in [1.82, 2.24) is 0 Å². The van der Waals surface area contributed by atoms with Gasteiger partial charge >= 0.3 is 0 Å². The number of furan rings is 1. The molecule has 1 nitrogen and oxygen atoms in total. The second kappa shape index (κ2) is 5.22. The van der Waals surface area contributed by atoms with E-state index in [2.05, 4.69) is 94.8 Å². The monoisotopic (exact) mass is 372 g/mol. The van der Waals surface area contributed by atoms with Crippen molar-refractivity contribution in [2.45, 2.75) is 0 Å². The van der Waals surface area contributed by atoms with Crippen LogP contribution in [0, 0.1) is 0 Å². The van der Waals surface area contributed by atoms with Gasteiger partial charge < -0.3 is 4.42 Å². The van der Waals surface area contributed by atoms with E-state index in [4.69, 9.17) is 4.42 Å². The fraction of sp³-hybridized carbons (Fsp3) is 0. The zero-order chi connectivity index (χ0) is 16.1. The first-order valence-corrected chi connectivity index (χ1v) is 8.68. The third-order valence-electron chi connectivity index (χ3n) is 4.52. The van der Waals surface area contributed by atoms with Crippen molar-refractivity contribution in [3.8, 4) is 11.1 Å². The SMILES string of the molecule is Brc1ccc(-c2ccc3c(c2)oc2cc4ccccc4cc23)cc1. The minimum atomic E-state index is 0.931. The lowest BCUT2D eigenvalue weighted by molar-refractivity contribution is 0.669. The van der Waals surface area contributed by atoms with Crippen molar-refractivity contribution >= 4 is 48.6 Å². The van der Waals surface area contributed by atoms with E-state index in [0.29, 0.717) is 0 Å². The minimum absolute atomic E-state index is 0.931. The maximum atomic E-state index is 6.14. The number of hydrogen-bond acceptors (Lipinski definition) is 1. The van der Waals surface area contributed by atoms with Crippen molar-refractivity contribution in [2.24, 2.45) is 0 Å². The van der Waals surface area contributed by atoms with Crippen molar-refractivity contribution in [2.75, 3.05) is 0 Å². The molecule has 0 saturated heterocycles. The van der Waals surface area contributed by atoms with E-state index in [-0.39, 0.29) is 0 Å². The van der Waals surface area contributed by atoms with Crippen LogP contribution < -0.4 is 0 Å². The molecule has 2 heteroatoms. The summed E-state index contributed by atoms with van der Waals surface area (Å²) >= 11 is 3.48. The molecule has 4 aromatic carbocycles. The zero-order valence-electron chi connectivity index (χ0n) is 12.8. The van der Waals surface area contributed by atoms with E-state index in [0.717, 1.165) is 21.0 Å². The molecule has 5 aromatic rings. The van der Waals surface area contributed by atoms with Gasteiger partial charge in [-0.3, -0.25) is 0 Å². The predicted octanol–water partition coefficient (Wildman–Crippen LogP) is 7.17. The molecule has 114 valence electrons. The van der Waals surface area contributed by atoms with Crippen LogP contribution in [0.5, 0.6) is 0 Å². The number of benzene rings is 4. The van der Waals surface area contributed by atoms with Crippen LogP contribution in [0.3, 0.4) is 0 Å². The molecular formula is C22H13BrO.